The van der Waals surface area contributed by atoms with Crippen molar-refractivity contribution in [2.45, 2.75) is 33.2 Å². The summed E-state index contributed by atoms with van der Waals surface area (Å²) < 4.78 is 0. The van der Waals surface area contributed by atoms with Crippen molar-refractivity contribution in [3.8, 4) is 0 Å². The van der Waals surface area contributed by atoms with Crippen molar-refractivity contribution in [1.82, 2.24) is 14.8 Å². The molecule has 5 nitrogen and oxygen atoms in total. The summed E-state index contributed by atoms with van der Waals surface area (Å²) in [5, 5.41) is 1.08. The first kappa shape index (κ1) is 18.4. The molecule has 1 amide bonds. The normalized spacial score (nSPS) is 18.3. The molecule has 2 aliphatic rings. The van der Waals surface area contributed by atoms with Crippen LogP contribution in [-0.2, 0) is 6.54 Å². The average Bonchev–Trinajstić information content (AvgIpc) is 3.31. The maximum atomic E-state index is 13.0. The maximum Gasteiger partial charge on any atom is 0.265 e. The third-order valence-electron chi connectivity index (χ3n) is 5.53. The SMILES string of the molecule is Cc1cccc(N2CCN(C(=O)c3sc(CN4CCCC4)nc3C)CC2)c1. The quantitative estimate of drug-likeness (QED) is 0.811. The van der Waals surface area contributed by atoms with E-state index in [1.807, 2.05) is 11.8 Å². The van der Waals surface area contributed by atoms with Gasteiger partial charge in [-0.3, -0.25) is 9.69 Å². The van der Waals surface area contributed by atoms with E-state index in [9.17, 15) is 4.79 Å². The molecule has 4 rings (SSSR count). The number of rotatable bonds is 4. The number of hydrogen-bond donors (Lipinski definition) is 0. The van der Waals surface area contributed by atoms with Gasteiger partial charge in [0.1, 0.15) is 9.88 Å². The molecule has 2 saturated heterocycles. The predicted octanol–water partition coefficient (Wildman–Crippen LogP) is 3.32. The molecule has 0 saturated carbocycles. The Hall–Kier alpha value is -1.92. The molecule has 1 aromatic heterocycles. The van der Waals surface area contributed by atoms with E-state index in [0.717, 1.165) is 61.4 Å². The van der Waals surface area contributed by atoms with Gasteiger partial charge in [0.05, 0.1) is 12.2 Å². The highest BCUT2D eigenvalue weighted by Crippen LogP contribution is 2.24. The van der Waals surface area contributed by atoms with Gasteiger partial charge >= 0.3 is 0 Å². The van der Waals surface area contributed by atoms with Crippen molar-refractivity contribution >= 4 is 22.9 Å². The monoisotopic (exact) mass is 384 g/mol. The van der Waals surface area contributed by atoms with Crippen LogP contribution < -0.4 is 4.90 Å². The molecule has 0 unspecified atom stereocenters. The summed E-state index contributed by atoms with van der Waals surface area (Å²) in [7, 11) is 0. The Morgan fingerprint density at radius 2 is 1.81 bits per heavy atom. The number of piperazine rings is 1. The lowest BCUT2D eigenvalue weighted by Gasteiger charge is -2.36. The first-order valence-electron chi connectivity index (χ1n) is 9.90. The fourth-order valence-corrected chi connectivity index (χ4v) is 5.06. The molecule has 0 aliphatic carbocycles. The Morgan fingerprint density at radius 3 is 2.52 bits per heavy atom. The highest BCUT2D eigenvalue weighted by atomic mass is 32.1. The summed E-state index contributed by atoms with van der Waals surface area (Å²) in [4.78, 5) is 25.3. The van der Waals surface area contributed by atoms with Crippen LogP contribution in [0.1, 0.15) is 38.8 Å². The highest BCUT2D eigenvalue weighted by Gasteiger charge is 2.26. The number of nitrogens with zero attached hydrogens (tertiary/aromatic N) is 4. The fourth-order valence-electron chi connectivity index (χ4n) is 3.99. The van der Waals surface area contributed by atoms with Gasteiger partial charge in [-0.1, -0.05) is 12.1 Å². The van der Waals surface area contributed by atoms with Crippen molar-refractivity contribution in [2.24, 2.45) is 0 Å². The summed E-state index contributed by atoms with van der Waals surface area (Å²) in [5.74, 6) is 0.154. The first-order valence-corrected chi connectivity index (χ1v) is 10.7. The maximum absolute atomic E-state index is 13.0. The summed E-state index contributed by atoms with van der Waals surface area (Å²) in [5.41, 5.74) is 3.42. The minimum atomic E-state index is 0.154. The van der Waals surface area contributed by atoms with Gasteiger partial charge in [0.15, 0.2) is 0 Å². The van der Waals surface area contributed by atoms with Crippen molar-refractivity contribution in [1.29, 1.82) is 0 Å². The van der Waals surface area contributed by atoms with Crippen LogP contribution in [0.15, 0.2) is 24.3 Å². The zero-order valence-electron chi connectivity index (χ0n) is 16.3. The molecule has 0 atom stereocenters. The Kier molecular flexibility index (Phi) is 5.45. The number of thiazole rings is 1. The summed E-state index contributed by atoms with van der Waals surface area (Å²) in [6.07, 6.45) is 2.56. The van der Waals surface area contributed by atoms with Gasteiger partial charge in [-0.2, -0.15) is 0 Å². The average molecular weight is 385 g/mol. The molecular weight excluding hydrogens is 356 g/mol. The number of anilines is 1. The van der Waals surface area contributed by atoms with E-state index in [1.165, 1.54) is 24.1 Å². The van der Waals surface area contributed by atoms with E-state index in [2.05, 4.69) is 46.0 Å². The molecular formula is C21H28N4OS. The van der Waals surface area contributed by atoms with Crippen molar-refractivity contribution < 1.29 is 4.79 Å². The molecule has 2 aromatic rings. The molecule has 27 heavy (non-hydrogen) atoms. The molecule has 0 radical (unpaired) electrons. The lowest BCUT2D eigenvalue weighted by molar-refractivity contribution is 0.0750. The summed E-state index contributed by atoms with van der Waals surface area (Å²) >= 11 is 1.59. The van der Waals surface area contributed by atoms with Gasteiger partial charge in [-0.05, 0) is 57.5 Å². The van der Waals surface area contributed by atoms with Gasteiger partial charge in [0.25, 0.3) is 5.91 Å². The number of benzene rings is 1. The molecule has 0 N–H and O–H groups in total. The van der Waals surface area contributed by atoms with Crippen LogP contribution in [0, 0.1) is 13.8 Å². The van der Waals surface area contributed by atoms with Crippen molar-refractivity contribution in [3.63, 3.8) is 0 Å². The van der Waals surface area contributed by atoms with Crippen LogP contribution in [0.4, 0.5) is 5.69 Å². The van der Waals surface area contributed by atoms with E-state index in [4.69, 9.17) is 0 Å². The van der Waals surface area contributed by atoms with Crippen LogP contribution in [0.3, 0.4) is 0 Å². The Morgan fingerprint density at radius 1 is 1.07 bits per heavy atom. The number of amides is 1. The number of carbonyl (C=O) groups is 1. The third kappa shape index (κ3) is 4.17. The van der Waals surface area contributed by atoms with E-state index in [1.54, 1.807) is 11.3 Å². The number of likely N-dealkylation sites (tertiary alicyclic amines) is 1. The second kappa shape index (κ2) is 7.98. The molecule has 144 valence electrons. The molecule has 0 spiro atoms. The Balaban J connectivity index is 1.38. The molecule has 6 heteroatoms. The molecule has 2 fully saturated rings. The summed E-state index contributed by atoms with van der Waals surface area (Å²) in [6.45, 7) is 10.6. The second-order valence-electron chi connectivity index (χ2n) is 7.62. The molecule has 2 aliphatic heterocycles. The predicted molar refractivity (Wildman–Crippen MR) is 111 cm³/mol. The second-order valence-corrected chi connectivity index (χ2v) is 8.71. The fraction of sp³-hybridized carbons (Fsp3) is 0.524. The first-order chi connectivity index (χ1) is 13.1. The van der Waals surface area contributed by atoms with E-state index >= 15 is 0 Å². The standard InChI is InChI=1S/C21H28N4OS/c1-16-6-5-7-18(14-16)24-10-12-25(13-11-24)21(26)20-17(2)22-19(27-20)15-23-8-3-4-9-23/h5-7,14H,3-4,8-13,15H2,1-2H3. The number of aromatic nitrogens is 1. The third-order valence-corrected chi connectivity index (χ3v) is 6.66. The van der Waals surface area contributed by atoms with E-state index < -0.39 is 0 Å². The van der Waals surface area contributed by atoms with Gasteiger partial charge in [-0.25, -0.2) is 4.98 Å². The van der Waals surface area contributed by atoms with Gasteiger partial charge in [-0.15, -0.1) is 11.3 Å². The van der Waals surface area contributed by atoms with Gasteiger partial charge < -0.3 is 9.80 Å². The zero-order chi connectivity index (χ0) is 18.8. The highest BCUT2D eigenvalue weighted by molar-refractivity contribution is 7.13. The van der Waals surface area contributed by atoms with Crippen LogP contribution in [-0.4, -0.2) is 60.0 Å². The van der Waals surface area contributed by atoms with Crippen molar-refractivity contribution in [3.05, 3.63) is 45.4 Å². The Labute approximate surface area is 165 Å². The lowest BCUT2D eigenvalue weighted by atomic mass is 10.2. The Bertz CT molecular complexity index is 804. The molecule has 3 heterocycles. The van der Waals surface area contributed by atoms with Crippen LogP contribution in [0.2, 0.25) is 0 Å². The number of carbonyl (C=O) groups excluding carboxylic acids is 1. The lowest BCUT2D eigenvalue weighted by Crippen LogP contribution is -2.48. The molecule has 0 bridgehead atoms. The van der Waals surface area contributed by atoms with Gasteiger partial charge in [0, 0.05) is 31.9 Å². The van der Waals surface area contributed by atoms with Crippen LogP contribution in [0.5, 0.6) is 0 Å². The minimum absolute atomic E-state index is 0.154. The minimum Gasteiger partial charge on any atom is -0.368 e. The molecule has 1 aromatic carbocycles. The smallest absolute Gasteiger partial charge is 0.265 e. The number of aryl methyl sites for hydroxylation is 2. The van der Waals surface area contributed by atoms with Crippen molar-refractivity contribution in [2.75, 3.05) is 44.2 Å². The van der Waals surface area contributed by atoms with Crippen LogP contribution >= 0.6 is 11.3 Å². The zero-order valence-corrected chi connectivity index (χ0v) is 17.1. The topological polar surface area (TPSA) is 39.7 Å². The summed E-state index contributed by atoms with van der Waals surface area (Å²) in [6, 6.07) is 8.60. The van der Waals surface area contributed by atoms with Gasteiger partial charge in [0.2, 0.25) is 0 Å². The van der Waals surface area contributed by atoms with Crippen LogP contribution in [0.25, 0.3) is 0 Å². The largest absolute Gasteiger partial charge is 0.368 e. The van der Waals surface area contributed by atoms with E-state index in [0.29, 0.717) is 0 Å². The van der Waals surface area contributed by atoms with E-state index in [-0.39, 0.29) is 5.91 Å². The number of hydrogen-bond acceptors (Lipinski definition) is 5.